The summed E-state index contributed by atoms with van der Waals surface area (Å²) in [4.78, 5) is 37.9. The number of phenols is 1. The van der Waals surface area contributed by atoms with E-state index in [9.17, 15) is 29.7 Å². The van der Waals surface area contributed by atoms with Crippen molar-refractivity contribution in [1.29, 1.82) is 0 Å². The van der Waals surface area contributed by atoms with E-state index in [1.807, 2.05) is 0 Å². The second kappa shape index (κ2) is 5.93. The standard InChI is InChI=1S/C20H19NO7/c1-28-12-7-10-6-9-5-8-3-2-4-11(22)13(8)16(23)14(9)17(24)20(10,27)18(25)15(12)19(21)26/h2-4,9-10,22-23,27H,5-7H2,1H3,(H2,21,26)/t9-,10?,20-/m0/s1. The molecule has 1 amide bonds. The van der Waals surface area contributed by atoms with Crippen LogP contribution in [0.2, 0.25) is 0 Å². The van der Waals surface area contributed by atoms with Crippen molar-refractivity contribution >= 4 is 23.2 Å². The lowest BCUT2D eigenvalue weighted by atomic mass is 9.58. The first-order valence-electron chi connectivity index (χ1n) is 8.85. The molecule has 0 bridgehead atoms. The van der Waals surface area contributed by atoms with Crippen LogP contribution in [-0.4, -0.2) is 45.5 Å². The highest BCUT2D eigenvalue weighted by Gasteiger charge is 2.61. The molecular weight excluding hydrogens is 366 g/mol. The SMILES string of the molecule is COC1=C(C(N)=O)C(=O)[C@@]2(O)C(=O)C3=C(O)c4c(O)cccc4C[C@H]3CC2C1. The van der Waals surface area contributed by atoms with E-state index in [0.29, 0.717) is 12.0 Å². The third-order valence-corrected chi connectivity index (χ3v) is 6.02. The molecule has 3 aliphatic carbocycles. The van der Waals surface area contributed by atoms with Gasteiger partial charge in [0.05, 0.1) is 12.7 Å². The second-order valence-corrected chi connectivity index (χ2v) is 7.40. The summed E-state index contributed by atoms with van der Waals surface area (Å²) in [6, 6.07) is 4.76. The largest absolute Gasteiger partial charge is 0.507 e. The van der Waals surface area contributed by atoms with Gasteiger partial charge in [-0.05, 0) is 30.4 Å². The van der Waals surface area contributed by atoms with Crippen LogP contribution < -0.4 is 5.73 Å². The first-order valence-corrected chi connectivity index (χ1v) is 8.85. The van der Waals surface area contributed by atoms with Gasteiger partial charge in [-0.1, -0.05) is 12.1 Å². The zero-order chi connectivity index (χ0) is 20.4. The summed E-state index contributed by atoms with van der Waals surface area (Å²) < 4.78 is 5.13. The minimum Gasteiger partial charge on any atom is -0.507 e. The van der Waals surface area contributed by atoms with E-state index in [1.165, 1.54) is 13.2 Å². The molecule has 1 saturated carbocycles. The number of methoxy groups -OCH3 is 1. The highest BCUT2D eigenvalue weighted by molar-refractivity contribution is 6.32. The third-order valence-electron chi connectivity index (χ3n) is 6.02. The maximum absolute atomic E-state index is 13.2. The van der Waals surface area contributed by atoms with E-state index in [-0.39, 0.29) is 35.5 Å². The lowest BCUT2D eigenvalue weighted by Crippen LogP contribution is -2.61. The molecule has 5 N–H and O–H groups in total. The fraction of sp³-hybridized carbons (Fsp3) is 0.350. The molecule has 0 radical (unpaired) electrons. The van der Waals surface area contributed by atoms with Crippen LogP contribution in [-0.2, 0) is 25.5 Å². The number of nitrogens with two attached hydrogens (primary N) is 1. The average molecular weight is 385 g/mol. The van der Waals surface area contributed by atoms with Gasteiger partial charge in [-0.25, -0.2) is 0 Å². The van der Waals surface area contributed by atoms with Crippen LogP contribution in [0.5, 0.6) is 5.75 Å². The van der Waals surface area contributed by atoms with E-state index in [4.69, 9.17) is 10.5 Å². The van der Waals surface area contributed by atoms with E-state index in [0.717, 1.165) is 0 Å². The number of aliphatic hydroxyl groups excluding tert-OH is 1. The maximum atomic E-state index is 13.2. The number of ketones is 2. The van der Waals surface area contributed by atoms with Gasteiger partial charge >= 0.3 is 0 Å². The van der Waals surface area contributed by atoms with Crippen molar-refractivity contribution in [3.8, 4) is 5.75 Å². The van der Waals surface area contributed by atoms with Crippen LogP contribution in [0.15, 0.2) is 35.1 Å². The maximum Gasteiger partial charge on any atom is 0.255 e. The molecule has 0 heterocycles. The van der Waals surface area contributed by atoms with Crippen LogP contribution >= 0.6 is 0 Å². The zero-order valence-corrected chi connectivity index (χ0v) is 15.1. The molecule has 3 atom stereocenters. The summed E-state index contributed by atoms with van der Waals surface area (Å²) in [5.41, 5.74) is 2.92. The van der Waals surface area contributed by atoms with Gasteiger partial charge < -0.3 is 25.8 Å². The number of carbonyl (C=O) groups excluding carboxylic acids is 3. The minimum atomic E-state index is -2.51. The van der Waals surface area contributed by atoms with Crippen molar-refractivity contribution in [3.63, 3.8) is 0 Å². The van der Waals surface area contributed by atoms with Crippen LogP contribution in [0.4, 0.5) is 0 Å². The van der Waals surface area contributed by atoms with Gasteiger partial charge in [-0.15, -0.1) is 0 Å². The molecule has 1 aromatic rings. The van der Waals surface area contributed by atoms with E-state index >= 15 is 0 Å². The molecule has 1 unspecified atom stereocenters. The molecule has 1 aromatic carbocycles. The number of carbonyl (C=O) groups is 3. The Bertz CT molecular complexity index is 1010. The number of phenolic OH excluding ortho intramolecular Hbond substituents is 1. The highest BCUT2D eigenvalue weighted by atomic mass is 16.5. The lowest BCUT2D eigenvalue weighted by molar-refractivity contribution is -0.158. The smallest absolute Gasteiger partial charge is 0.255 e. The Kier molecular flexibility index (Phi) is 3.87. The lowest BCUT2D eigenvalue weighted by Gasteiger charge is -2.45. The number of primary amides is 1. The predicted molar refractivity (Wildman–Crippen MR) is 95.8 cm³/mol. The van der Waals surface area contributed by atoms with Crippen molar-refractivity contribution in [2.24, 2.45) is 17.6 Å². The van der Waals surface area contributed by atoms with Crippen molar-refractivity contribution < 1.29 is 34.4 Å². The third kappa shape index (κ3) is 2.18. The van der Waals surface area contributed by atoms with Crippen molar-refractivity contribution in [1.82, 2.24) is 0 Å². The van der Waals surface area contributed by atoms with Gasteiger partial charge in [-0.3, -0.25) is 14.4 Å². The Balaban J connectivity index is 1.90. The molecule has 0 saturated heterocycles. The van der Waals surface area contributed by atoms with E-state index < -0.39 is 46.2 Å². The number of aromatic hydroxyl groups is 1. The molecule has 0 spiro atoms. The molecule has 0 aromatic heterocycles. The van der Waals surface area contributed by atoms with Crippen LogP contribution in [0, 0.1) is 11.8 Å². The highest BCUT2D eigenvalue weighted by Crippen LogP contribution is 2.51. The summed E-state index contributed by atoms with van der Waals surface area (Å²) in [6.07, 6.45) is 0.589. The van der Waals surface area contributed by atoms with Gasteiger partial charge in [0.1, 0.15) is 22.8 Å². The Morgan fingerprint density at radius 2 is 1.93 bits per heavy atom. The fourth-order valence-electron chi connectivity index (χ4n) is 4.72. The summed E-state index contributed by atoms with van der Waals surface area (Å²) in [7, 11) is 1.29. The van der Waals surface area contributed by atoms with E-state index in [2.05, 4.69) is 0 Å². The Morgan fingerprint density at radius 3 is 2.57 bits per heavy atom. The van der Waals surface area contributed by atoms with Crippen LogP contribution in [0.1, 0.15) is 24.0 Å². The number of ether oxygens (including phenoxy) is 1. The summed E-state index contributed by atoms with van der Waals surface area (Å²) >= 11 is 0. The molecule has 8 heteroatoms. The number of benzene rings is 1. The van der Waals surface area contributed by atoms with Crippen molar-refractivity contribution in [3.05, 3.63) is 46.2 Å². The van der Waals surface area contributed by atoms with Gasteiger partial charge in [0.25, 0.3) is 5.91 Å². The first kappa shape index (κ1) is 18.2. The van der Waals surface area contributed by atoms with Crippen molar-refractivity contribution in [2.45, 2.75) is 24.9 Å². The predicted octanol–water partition coefficient (Wildman–Crippen LogP) is 0.512. The number of rotatable bonds is 2. The molecule has 28 heavy (non-hydrogen) atoms. The fourth-order valence-corrected chi connectivity index (χ4v) is 4.72. The number of hydrogen-bond acceptors (Lipinski definition) is 7. The molecule has 8 nitrogen and oxygen atoms in total. The Labute approximate surface area is 159 Å². The summed E-state index contributed by atoms with van der Waals surface area (Å²) in [5, 5.41) is 32.0. The monoisotopic (exact) mass is 385 g/mol. The number of amides is 1. The number of aliphatic hydroxyl groups is 2. The minimum absolute atomic E-state index is 0.000191. The average Bonchev–Trinajstić information content (AvgIpc) is 2.63. The van der Waals surface area contributed by atoms with Crippen molar-refractivity contribution in [2.75, 3.05) is 7.11 Å². The summed E-state index contributed by atoms with van der Waals surface area (Å²) in [6.45, 7) is 0. The second-order valence-electron chi connectivity index (χ2n) is 7.40. The molecular formula is C20H19NO7. The van der Waals surface area contributed by atoms with Gasteiger partial charge in [0, 0.05) is 17.9 Å². The molecule has 3 aliphatic rings. The molecule has 1 fully saturated rings. The topological polar surface area (TPSA) is 147 Å². The van der Waals surface area contributed by atoms with E-state index in [1.54, 1.807) is 12.1 Å². The summed E-state index contributed by atoms with van der Waals surface area (Å²) in [5.74, 6) is -5.01. The quantitative estimate of drug-likeness (QED) is 0.428. The molecule has 146 valence electrons. The number of Topliss-reactive ketones (excluding diaryl/α,β-unsaturated/α-hetero) is 2. The number of fused-ring (bicyclic) bond motifs is 3. The van der Waals surface area contributed by atoms with Gasteiger partial charge in [0.15, 0.2) is 5.60 Å². The van der Waals surface area contributed by atoms with Crippen LogP contribution in [0.3, 0.4) is 0 Å². The number of allylic oxidation sites excluding steroid dienone is 1. The number of hydrogen-bond donors (Lipinski definition) is 4. The molecule has 4 rings (SSSR count). The zero-order valence-electron chi connectivity index (χ0n) is 15.1. The van der Waals surface area contributed by atoms with Gasteiger partial charge in [0.2, 0.25) is 11.6 Å². The first-order chi connectivity index (χ1) is 13.2. The normalized spacial score (nSPS) is 29.2. The van der Waals surface area contributed by atoms with Crippen LogP contribution in [0.25, 0.3) is 5.76 Å². The van der Waals surface area contributed by atoms with Gasteiger partial charge in [-0.2, -0.15) is 0 Å². The Hall–Kier alpha value is -3.13. The molecule has 0 aliphatic heterocycles. The Morgan fingerprint density at radius 1 is 1.21 bits per heavy atom.